The second-order valence-electron chi connectivity index (χ2n) is 9.83. The van der Waals surface area contributed by atoms with E-state index < -0.39 is 33.6 Å². The number of thiophene rings is 1. The summed E-state index contributed by atoms with van der Waals surface area (Å²) >= 11 is 7.95. The zero-order chi connectivity index (χ0) is 27.2. The quantitative estimate of drug-likeness (QED) is 0.254. The summed E-state index contributed by atoms with van der Waals surface area (Å²) in [6, 6.07) is 16.7. The fourth-order valence-electron chi connectivity index (χ4n) is 3.74. The molecule has 4 nitrogen and oxygen atoms in total. The van der Waals surface area contributed by atoms with Gasteiger partial charge in [-0.2, -0.15) is 13.2 Å². The molecule has 2 heterocycles. The fourth-order valence-corrected chi connectivity index (χ4v) is 6.13. The van der Waals surface area contributed by atoms with E-state index in [0.717, 1.165) is 33.5 Å². The van der Waals surface area contributed by atoms with Crippen molar-refractivity contribution in [1.82, 2.24) is 9.71 Å². The Hall–Kier alpha value is -2.30. The van der Waals surface area contributed by atoms with E-state index in [1.807, 2.05) is 51.1 Å². The Morgan fingerprint density at radius 1 is 1.03 bits per heavy atom. The maximum absolute atomic E-state index is 13.5. The molecule has 0 bridgehead atoms. The van der Waals surface area contributed by atoms with Crippen molar-refractivity contribution >= 4 is 44.0 Å². The van der Waals surface area contributed by atoms with Gasteiger partial charge in [0.1, 0.15) is 0 Å². The van der Waals surface area contributed by atoms with Crippen LogP contribution in [-0.4, -0.2) is 25.2 Å². The van der Waals surface area contributed by atoms with Crippen LogP contribution in [0.2, 0.25) is 5.02 Å². The first-order valence-electron chi connectivity index (χ1n) is 11.4. The van der Waals surface area contributed by atoms with Crippen molar-refractivity contribution in [2.75, 3.05) is 0 Å². The largest absolute Gasteiger partial charge is 0.421 e. The molecule has 2 aromatic carbocycles. The summed E-state index contributed by atoms with van der Waals surface area (Å²) in [4.78, 5) is 5.14. The molecule has 4 aromatic rings. The number of fused-ring (bicyclic) bond motifs is 1. The number of halogens is 4. The number of alkyl halides is 3. The monoisotopic (exact) mass is 566 g/mol. The van der Waals surface area contributed by atoms with Gasteiger partial charge in [-0.3, -0.25) is 4.98 Å². The van der Waals surface area contributed by atoms with Crippen molar-refractivity contribution in [3.8, 4) is 11.3 Å². The van der Waals surface area contributed by atoms with Gasteiger partial charge in [0, 0.05) is 26.4 Å². The van der Waals surface area contributed by atoms with Gasteiger partial charge < -0.3 is 5.11 Å². The molecule has 0 fully saturated rings. The Bertz CT molecular complexity index is 1460. The van der Waals surface area contributed by atoms with Gasteiger partial charge in [-0.05, 0) is 68.5 Å². The van der Waals surface area contributed by atoms with E-state index in [1.54, 1.807) is 18.2 Å². The molecule has 196 valence electrons. The Morgan fingerprint density at radius 3 is 2.38 bits per heavy atom. The van der Waals surface area contributed by atoms with Gasteiger partial charge in [0.25, 0.3) is 0 Å². The van der Waals surface area contributed by atoms with Crippen molar-refractivity contribution in [3.05, 3.63) is 87.9 Å². The van der Waals surface area contributed by atoms with E-state index in [4.69, 9.17) is 11.6 Å². The number of nitrogens with zero attached hydrogens (tertiary/aromatic N) is 1. The molecule has 0 aliphatic rings. The lowest BCUT2D eigenvalue weighted by Crippen LogP contribution is -2.39. The minimum atomic E-state index is -4.84. The smallest absolute Gasteiger partial charge is 0.376 e. The first-order chi connectivity index (χ1) is 17.2. The number of hydrogen-bond donors (Lipinski definition) is 2. The Kier molecular flexibility index (Phi) is 7.58. The molecule has 4 rings (SSSR count). The first kappa shape index (κ1) is 27.7. The van der Waals surface area contributed by atoms with Crippen LogP contribution in [-0.2, 0) is 16.6 Å². The highest BCUT2D eigenvalue weighted by Crippen LogP contribution is 2.42. The molecule has 2 N–H and O–H groups in total. The van der Waals surface area contributed by atoms with Crippen molar-refractivity contribution in [2.24, 2.45) is 0 Å². The molecule has 0 saturated heterocycles. The summed E-state index contributed by atoms with van der Waals surface area (Å²) in [7, 11) is -1.41. The predicted molar refractivity (Wildman–Crippen MR) is 145 cm³/mol. The number of hydrogen-bond acceptors (Lipinski definition) is 4. The highest BCUT2D eigenvalue weighted by Gasteiger charge is 2.51. The van der Waals surface area contributed by atoms with Gasteiger partial charge in [-0.15, -0.1) is 11.3 Å². The van der Waals surface area contributed by atoms with Crippen LogP contribution >= 0.6 is 22.9 Å². The SMILES string of the molecule is CC(C)(C)S(=O)N[C@H](c1cc2cccc(-c3cc([C@@](C)(O)C(F)(F)F)ccn3)c2s1)c1ccccc1Cl. The van der Waals surface area contributed by atoms with E-state index in [-0.39, 0.29) is 5.56 Å². The van der Waals surface area contributed by atoms with E-state index in [2.05, 4.69) is 9.71 Å². The van der Waals surface area contributed by atoms with Gasteiger partial charge in [0.15, 0.2) is 5.60 Å². The van der Waals surface area contributed by atoms with Crippen LogP contribution in [0.3, 0.4) is 0 Å². The molecule has 0 aliphatic carbocycles. The van der Waals surface area contributed by atoms with Crippen molar-refractivity contribution in [3.63, 3.8) is 0 Å². The van der Waals surface area contributed by atoms with Crippen LogP contribution in [0.1, 0.15) is 49.7 Å². The molecular weight excluding hydrogens is 541 g/mol. The van der Waals surface area contributed by atoms with Crippen LogP contribution in [0.25, 0.3) is 21.3 Å². The number of benzene rings is 2. The summed E-state index contributed by atoms with van der Waals surface area (Å²) < 4.78 is 57.0. The fraction of sp³-hybridized carbons (Fsp3) is 0.296. The van der Waals surface area contributed by atoms with Crippen molar-refractivity contribution < 1.29 is 22.5 Å². The summed E-state index contributed by atoms with van der Waals surface area (Å²) in [5.41, 5.74) is -1.62. The molecule has 10 heteroatoms. The van der Waals surface area contributed by atoms with Crippen LogP contribution in [0.4, 0.5) is 13.2 Å². The zero-order valence-corrected chi connectivity index (χ0v) is 22.9. The number of pyridine rings is 1. The lowest BCUT2D eigenvalue weighted by Gasteiger charge is -2.26. The first-order valence-corrected chi connectivity index (χ1v) is 13.8. The minimum Gasteiger partial charge on any atom is -0.376 e. The Balaban J connectivity index is 1.84. The van der Waals surface area contributed by atoms with Gasteiger partial charge in [-0.1, -0.05) is 48.0 Å². The molecule has 0 radical (unpaired) electrons. The lowest BCUT2D eigenvalue weighted by molar-refractivity contribution is -0.258. The summed E-state index contributed by atoms with van der Waals surface area (Å²) in [5.74, 6) is 0. The molecule has 37 heavy (non-hydrogen) atoms. The summed E-state index contributed by atoms with van der Waals surface area (Å²) in [6.07, 6.45) is -3.58. The highest BCUT2D eigenvalue weighted by atomic mass is 35.5. The van der Waals surface area contributed by atoms with Crippen LogP contribution in [0.15, 0.2) is 66.9 Å². The van der Waals surface area contributed by atoms with Gasteiger partial charge in [-0.25, -0.2) is 8.93 Å². The molecule has 1 unspecified atom stereocenters. The van der Waals surface area contributed by atoms with E-state index in [1.165, 1.54) is 23.6 Å². The molecule has 2 aromatic heterocycles. The third-order valence-electron chi connectivity index (χ3n) is 5.99. The summed E-state index contributed by atoms with van der Waals surface area (Å²) in [5, 5.41) is 11.6. The van der Waals surface area contributed by atoms with E-state index in [9.17, 15) is 22.5 Å². The predicted octanol–water partition coefficient (Wildman–Crippen LogP) is 7.53. The van der Waals surface area contributed by atoms with Crippen molar-refractivity contribution in [1.29, 1.82) is 0 Å². The second-order valence-corrected chi connectivity index (χ2v) is 13.3. The molecular formula is C27H26ClF3N2O2S2. The third-order valence-corrected chi connectivity index (χ3v) is 9.15. The normalized spacial score (nSPS) is 15.9. The van der Waals surface area contributed by atoms with Gasteiger partial charge in [0.05, 0.1) is 27.5 Å². The number of aliphatic hydroxyl groups is 1. The Morgan fingerprint density at radius 2 is 1.73 bits per heavy atom. The zero-order valence-electron chi connectivity index (χ0n) is 20.6. The van der Waals surface area contributed by atoms with E-state index in [0.29, 0.717) is 16.3 Å². The minimum absolute atomic E-state index is 0.296. The number of aromatic nitrogens is 1. The number of nitrogens with one attached hydrogen (secondary N) is 1. The van der Waals surface area contributed by atoms with Gasteiger partial charge >= 0.3 is 6.18 Å². The maximum atomic E-state index is 13.5. The highest BCUT2D eigenvalue weighted by molar-refractivity contribution is 7.84. The standard InChI is InChI=1S/C27H26ClF3N2O2S2/c1-25(2,3)37(35)33-23(18-9-5-6-11-20(18)28)22-14-16-8-7-10-19(24(16)36-22)21-15-17(12-13-32-21)26(4,34)27(29,30)31/h5-15,23,33-34H,1-4H3/t23-,26+,37?/m0/s1. The van der Waals surface area contributed by atoms with Gasteiger partial charge in [0.2, 0.25) is 0 Å². The molecule has 0 amide bonds. The third kappa shape index (κ3) is 5.61. The summed E-state index contributed by atoms with van der Waals surface area (Å²) in [6.45, 7) is 6.34. The van der Waals surface area contributed by atoms with Crippen LogP contribution < -0.4 is 4.72 Å². The maximum Gasteiger partial charge on any atom is 0.421 e. The lowest BCUT2D eigenvalue weighted by atomic mass is 9.94. The molecule has 0 spiro atoms. The average molecular weight is 567 g/mol. The molecule has 3 atom stereocenters. The second kappa shape index (κ2) is 10.1. The van der Waals surface area contributed by atoms with Crippen LogP contribution in [0.5, 0.6) is 0 Å². The van der Waals surface area contributed by atoms with Crippen LogP contribution in [0, 0.1) is 0 Å². The molecule has 0 aliphatic heterocycles. The average Bonchev–Trinajstić information content (AvgIpc) is 3.26. The van der Waals surface area contributed by atoms with E-state index >= 15 is 0 Å². The van der Waals surface area contributed by atoms with Crippen molar-refractivity contribution in [2.45, 2.75) is 50.3 Å². The Labute approximate surface area is 225 Å². The molecule has 0 saturated carbocycles. The topological polar surface area (TPSA) is 62.2 Å². The number of rotatable bonds is 6.